The van der Waals surface area contributed by atoms with E-state index in [0.717, 1.165) is 0 Å². The average Bonchev–Trinajstić information content (AvgIpc) is 2.57. The molecule has 6 heteroatoms. The van der Waals surface area contributed by atoms with E-state index < -0.39 is 9.84 Å². The molecule has 2 unspecified atom stereocenters. The summed E-state index contributed by atoms with van der Waals surface area (Å²) in [5.41, 5.74) is 0.616. The minimum atomic E-state index is -3.09. The van der Waals surface area contributed by atoms with Crippen LogP contribution in [0.4, 0.5) is 0 Å². The highest BCUT2D eigenvalue weighted by Gasteiger charge is 2.23. The van der Waals surface area contributed by atoms with Crippen molar-refractivity contribution in [3.8, 4) is 11.5 Å². The number of rotatable bonds is 3. The van der Waals surface area contributed by atoms with Gasteiger partial charge in [0, 0.05) is 29.1 Å². The number of sulfone groups is 1. The van der Waals surface area contributed by atoms with E-state index >= 15 is 0 Å². The van der Waals surface area contributed by atoms with Gasteiger partial charge in [-0.05, 0) is 13.0 Å². The number of hydrogen-bond donors (Lipinski definition) is 3. The molecule has 98 valence electrons. The van der Waals surface area contributed by atoms with Gasteiger partial charge in [-0.1, -0.05) is 12.1 Å². The third-order valence-corrected chi connectivity index (χ3v) is 4.27. The second-order valence-electron chi connectivity index (χ2n) is 4.40. The van der Waals surface area contributed by atoms with Crippen molar-refractivity contribution in [3.05, 3.63) is 35.2 Å². The number of benzene rings is 1. The Morgan fingerprint density at radius 3 is 2.67 bits per heavy atom. The van der Waals surface area contributed by atoms with Gasteiger partial charge in [0.2, 0.25) is 0 Å². The molecule has 0 saturated heterocycles. The minimum absolute atomic E-state index is 0.00760. The molecule has 3 N–H and O–H groups in total. The molecule has 1 heterocycles. The molecule has 0 aromatic heterocycles. The van der Waals surface area contributed by atoms with Gasteiger partial charge >= 0.3 is 0 Å². The summed E-state index contributed by atoms with van der Waals surface area (Å²) < 4.78 is 22.5. The molecule has 1 aliphatic heterocycles. The molecule has 1 aromatic rings. The van der Waals surface area contributed by atoms with Crippen molar-refractivity contribution in [2.75, 3.05) is 5.75 Å². The molecule has 2 rings (SSSR count). The van der Waals surface area contributed by atoms with Gasteiger partial charge in [0.05, 0.1) is 5.75 Å². The van der Waals surface area contributed by atoms with Gasteiger partial charge in [0.25, 0.3) is 0 Å². The van der Waals surface area contributed by atoms with Crippen LogP contribution in [0.3, 0.4) is 0 Å². The van der Waals surface area contributed by atoms with Crippen LogP contribution < -0.4 is 5.32 Å². The first-order valence-electron chi connectivity index (χ1n) is 5.56. The van der Waals surface area contributed by atoms with Crippen LogP contribution in [-0.2, 0) is 9.84 Å². The molecule has 0 aliphatic carbocycles. The second-order valence-corrected chi connectivity index (χ2v) is 6.33. The average molecular weight is 269 g/mol. The summed E-state index contributed by atoms with van der Waals surface area (Å²) in [5.74, 6) is 0.0162. The Bertz CT molecular complexity index is 580. The zero-order valence-electron chi connectivity index (χ0n) is 9.87. The minimum Gasteiger partial charge on any atom is -0.508 e. The highest BCUT2D eigenvalue weighted by atomic mass is 32.2. The summed E-state index contributed by atoms with van der Waals surface area (Å²) in [6.45, 7) is 1.82. The highest BCUT2D eigenvalue weighted by Crippen LogP contribution is 2.28. The first kappa shape index (κ1) is 12.9. The van der Waals surface area contributed by atoms with Crippen LogP contribution >= 0.6 is 0 Å². The lowest BCUT2D eigenvalue weighted by Crippen LogP contribution is -2.32. The molecule has 0 fully saturated rings. The molecule has 18 heavy (non-hydrogen) atoms. The largest absolute Gasteiger partial charge is 0.508 e. The zero-order chi connectivity index (χ0) is 13.3. The lowest BCUT2D eigenvalue weighted by Gasteiger charge is -2.19. The zero-order valence-corrected chi connectivity index (χ0v) is 10.7. The summed E-state index contributed by atoms with van der Waals surface area (Å²) in [6, 6.07) is 3.88. The van der Waals surface area contributed by atoms with Crippen LogP contribution in [-0.4, -0.2) is 30.4 Å². The molecule has 1 aliphatic rings. The maximum Gasteiger partial charge on any atom is 0.173 e. The van der Waals surface area contributed by atoms with E-state index in [0.29, 0.717) is 5.56 Å². The standard InChI is InChI=1S/C12H15NO4S/c1-8(11-3-2-10(14)6-12(11)15)13-9-4-5-18(16,17)7-9/h2-6,8-9,13-15H,7H2,1H3. The monoisotopic (exact) mass is 269 g/mol. The van der Waals surface area contributed by atoms with E-state index in [1.54, 1.807) is 12.1 Å². The maximum absolute atomic E-state index is 11.3. The fourth-order valence-corrected chi connectivity index (χ4v) is 3.24. The third-order valence-electron chi connectivity index (χ3n) is 2.87. The highest BCUT2D eigenvalue weighted by molar-refractivity contribution is 7.94. The Morgan fingerprint density at radius 2 is 2.11 bits per heavy atom. The molecule has 5 nitrogen and oxygen atoms in total. The van der Waals surface area contributed by atoms with E-state index in [9.17, 15) is 18.6 Å². The molecular weight excluding hydrogens is 254 g/mol. The Hall–Kier alpha value is -1.53. The fourth-order valence-electron chi connectivity index (χ4n) is 1.99. The topological polar surface area (TPSA) is 86.6 Å². The Labute approximate surface area is 106 Å². The van der Waals surface area contributed by atoms with Gasteiger partial charge in [-0.2, -0.15) is 0 Å². The molecular formula is C12H15NO4S. The normalized spacial score (nSPS) is 23.1. The second kappa shape index (κ2) is 4.62. The van der Waals surface area contributed by atoms with Crippen molar-refractivity contribution in [1.29, 1.82) is 0 Å². The van der Waals surface area contributed by atoms with Crippen molar-refractivity contribution < 1.29 is 18.6 Å². The van der Waals surface area contributed by atoms with E-state index in [1.165, 1.54) is 17.5 Å². The lowest BCUT2D eigenvalue weighted by molar-refractivity contribution is 0.433. The van der Waals surface area contributed by atoms with Crippen LogP contribution in [0.25, 0.3) is 0 Å². The summed E-state index contributed by atoms with van der Waals surface area (Å²) in [4.78, 5) is 0. The van der Waals surface area contributed by atoms with Crippen molar-refractivity contribution >= 4 is 9.84 Å². The van der Waals surface area contributed by atoms with E-state index in [-0.39, 0.29) is 29.3 Å². The van der Waals surface area contributed by atoms with Crippen LogP contribution in [0.1, 0.15) is 18.5 Å². The Balaban J connectivity index is 2.09. The van der Waals surface area contributed by atoms with Gasteiger partial charge in [-0.15, -0.1) is 0 Å². The SMILES string of the molecule is CC(NC1C=CS(=O)(=O)C1)c1ccc(O)cc1O. The van der Waals surface area contributed by atoms with E-state index in [4.69, 9.17) is 0 Å². The van der Waals surface area contributed by atoms with Gasteiger partial charge in [0.15, 0.2) is 9.84 Å². The van der Waals surface area contributed by atoms with Gasteiger partial charge in [-0.25, -0.2) is 8.42 Å². The number of phenolic OH excluding ortho intramolecular Hbond substituents is 2. The molecule has 1 aromatic carbocycles. The van der Waals surface area contributed by atoms with Crippen molar-refractivity contribution in [1.82, 2.24) is 5.32 Å². The summed E-state index contributed by atoms with van der Waals surface area (Å²) in [7, 11) is -3.09. The molecule has 0 saturated carbocycles. The van der Waals surface area contributed by atoms with Crippen LogP contribution in [0.15, 0.2) is 29.7 Å². The first-order chi connectivity index (χ1) is 8.37. The fraction of sp³-hybridized carbons (Fsp3) is 0.333. The molecule has 0 amide bonds. The summed E-state index contributed by atoms with van der Waals surface area (Å²) >= 11 is 0. The first-order valence-corrected chi connectivity index (χ1v) is 7.28. The number of phenols is 2. The Morgan fingerprint density at radius 1 is 1.39 bits per heavy atom. The predicted molar refractivity (Wildman–Crippen MR) is 68.0 cm³/mol. The van der Waals surface area contributed by atoms with Gasteiger partial charge in [-0.3, -0.25) is 0 Å². The summed E-state index contributed by atoms with van der Waals surface area (Å²) in [6.07, 6.45) is 1.60. The van der Waals surface area contributed by atoms with Crippen LogP contribution in [0.2, 0.25) is 0 Å². The van der Waals surface area contributed by atoms with E-state index in [1.807, 2.05) is 6.92 Å². The molecule has 0 radical (unpaired) electrons. The van der Waals surface area contributed by atoms with Crippen LogP contribution in [0, 0.1) is 0 Å². The van der Waals surface area contributed by atoms with Gasteiger partial charge in [0.1, 0.15) is 11.5 Å². The van der Waals surface area contributed by atoms with E-state index in [2.05, 4.69) is 5.32 Å². The van der Waals surface area contributed by atoms with Crippen LogP contribution in [0.5, 0.6) is 11.5 Å². The number of nitrogens with one attached hydrogen (secondary N) is 1. The smallest absolute Gasteiger partial charge is 0.173 e. The van der Waals surface area contributed by atoms with Crippen molar-refractivity contribution in [2.45, 2.75) is 19.0 Å². The Kier molecular flexibility index (Phi) is 3.32. The third kappa shape index (κ3) is 2.83. The predicted octanol–water partition coefficient (Wildman–Crippen LogP) is 1.06. The van der Waals surface area contributed by atoms with Crippen molar-refractivity contribution in [2.24, 2.45) is 0 Å². The van der Waals surface area contributed by atoms with Crippen molar-refractivity contribution in [3.63, 3.8) is 0 Å². The molecule has 2 atom stereocenters. The molecule has 0 spiro atoms. The van der Waals surface area contributed by atoms with Gasteiger partial charge < -0.3 is 15.5 Å². The number of hydrogen-bond acceptors (Lipinski definition) is 5. The maximum atomic E-state index is 11.3. The molecule has 0 bridgehead atoms. The summed E-state index contributed by atoms with van der Waals surface area (Å²) in [5, 5.41) is 23.2. The lowest BCUT2D eigenvalue weighted by atomic mass is 10.1. The quantitative estimate of drug-likeness (QED) is 0.764. The number of aromatic hydroxyl groups is 2.